The van der Waals surface area contributed by atoms with Gasteiger partial charge in [0, 0.05) is 25.6 Å². The van der Waals surface area contributed by atoms with Crippen molar-refractivity contribution in [1.29, 1.82) is 0 Å². The molecule has 0 aliphatic rings. The van der Waals surface area contributed by atoms with Gasteiger partial charge in [0.15, 0.2) is 0 Å². The third-order valence-corrected chi connectivity index (χ3v) is 6.10. The first-order valence-corrected chi connectivity index (χ1v) is 14.2. The SMILES string of the molecule is CCCCCCCCC(C)C(=O)N(CCCCCCCC)CCOCCOCCOCCC. The molecule has 0 fully saturated rings. The van der Waals surface area contributed by atoms with Gasteiger partial charge >= 0.3 is 0 Å². The van der Waals surface area contributed by atoms with Crippen molar-refractivity contribution in [3.05, 3.63) is 0 Å². The van der Waals surface area contributed by atoms with Gasteiger partial charge < -0.3 is 19.1 Å². The molecule has 0 aromatic rings. The lowest BCUT2D eigenvalue weighted by molar-refractivity contribution is -0.136. The van der Waals surface area contributed by atoms with Crippen LogP contribution in [0.3, 0.4) is 0 Å². The van der Waals surface area contributed by atoms with E-state index < -0.39 is 0 Å². The van der Waals surface area contributed by atoms with Crippen LogP contribution in [0.4, 0.5) is 0 Å². The molecule has 0 aliphatic heterocycles. The van der Waals surface area contributed by atoms with E-state index in [-0.39, 0.29) is 5.92 Å². The maximum absolute atomic E-state index is 13.1. The molecule has 0 saturated heterocycles. The van der Waals surface area contributed by atoms with Gasteiger partial charge in [0.2, 0.25) is 5.91 Å². The fourth-order valence-electron chi connectivity index (χ4n) is 3.94. The summed E-state index contributed by atoms with van der Waals surface area (Å²) in [5.74, 6) is 0.424. The Hall–Kier alpha value is -0.650. The van der Waals surface area contributed by atoms with Crippen LogP contribution in [-0.4, -0.2) is 63.5 Å². The average Bonchev–Trinajstić information content (AvgIpc) is 2.82. The fourth-order valence-corrected chi connectivity index (χ4v) is 3.94. The van der Waals surface area contributed by atoms with Crippen molar-refractivity contribution < 1.29 is 19.0 Å². The molecule has 198 valence electrons. The Morgan fingerprint density at radius 1 is 0.576 bits per heavy atom. The Balaban J connectivity index is 4.18. The minimum Gasteiger partial charge on any atom is -0.379 e. The van der Waals surface area contributed by atoms with Gasteiger partial charge in [0.1, 0.15) is 0 Å². The zero-order chi connectivity index (χ0) is 24.4. The van der Waals surface area contributed by atoms with Crippen LogP contribution in [0.25, 0.3) is 0 Å². The van der Waals surface area contributed by atoms with Gasteiger partial charge in [-0.15, -0.1) is 0 Å². The smallest absolute Gasteiger partial charge is 0.225 e. The van der Waals surface area contributed by atoms with Crippen molar-refractivity contribution in [2.24, 2.45) is 5.92 Å². The monoisotopic (exact) mass is 471 g/mol. The van der Waals surface area contributed by atoms with E-state index in [0.29, 0.717) is 45.5 Å². The van der Waals surface area contributed by atoms with Crippen LogP contribution < -0.4 is 0 Å². The molecule has 0 aromatic heterocycles. The predicted molar refractivity (Wildman–Crippen MR) is 140 cm³/mol. The third kappa shape index (κ3) is 21.6. The number of carbonyl (C=O) groups is 1. The van der Waals surface area contributed by atoms with Gasteiger partial charge in [-0.1, -0.05) is 98.3 Å². The molecule has 1 amide bonds. The number of carbonyl (C=O) groups excluding carboxylic acids is 1. The number of amides is 1. The van der Waals surface area contributed by atoms with E-state index in [1.165, 1.54) is 64.2 Å². The van der Waals surface area contributed by atoms with Crippen LogP contribution in [0.5, 0.6) is 0 Å². The summed E-state index contributed by atoms with van der Waals surface area (Å²) in [6.07, 6.45) is 17.2. The molecule has 0 heterocycles. The van der Waals surface area contributed by atoms with E-state index in [0.717, 1.165) is 38.8 Å². The highest BCUT2D eigenvalue weighted by atomic mass is 16.5. The fraction of sp³-hybridized carbons (Fsp3) is 0.964. The van der Waals surface area contributed by atoms with Crippen molar-refractivity contribution in [3.8, 4) is 0 Å². The van der Waals surface area contributed by atoms with Crippen molar-refractivity contribution >= 4 is 5.91 Å². The molecule has 0 bridgehead atoms. The van der Waals surface area contributed by atoms with Gasteiger partial charge in [0.25, 0.3) is 0 Å². The lowest BCUT2D eigenvalue weighted by Crippen LogP contribution is -2.38. The largest absolute Gasteiger partial charge is 0.379 e. The first-order valence-electron chi connectivity index (χ1n) is 14.2. The summed E-state index contributed by atoms with van der Waals surface area (Å²) in [6.45, 7) is 14.0. The highest BCUT2D eigenvalue weighted by Crippen LogP contribution is 2.15. The van der Waals surface area contributed by atoms with Gasteiger partial charge in [-0.2, -0.15) is 0 Å². The first-order chi connectivity index (χ1) is 16.2. The van der Waals surface area contributed by atoms with Gasteiger partial charge in [-0.05, 0) is 19.3 Å². The van der Waals surface area contributed by atoms with E-state index in [9.17, 15) is 4.79 Å². The Labute approximate surface area is 206 Å². The molecule has 1 atom stereocenters. The minimum atomic E-state index is 0.114. The van der Waals surface area contributed by atoms with E-state index in [2.05, 4.69) is 32.6 Å². The molecular formula is C28H57NO4. The second-order valence-corrected chi connectivity index (χ2v) is 9.39. The Morgan fingerprint density at radius 2 is 1.06 bits per heavy atom. The zero-order valence-corrected chi connectivity index (χ0v) is 22.7. The molecule has 0 aromatic carbocycles. The number of hydrogen-bond acceptors (Lipinski definition) is 4. The summed E-state index contributed by atoms with van der Waals surface area (Å²) in [5, 5.41) is 0. The topological polar surface area (TPSA) is 48.0 Å². The molecular weight excluding hydrogens is 414 g/mol. The summed E-state index contributed by atoms with van der Waals surface area (Å²) in [7, 11) is 0. The number of nitrogens with zero attached hydrogens (tertiary/aromatic N) is 1. The van der Waals surface area contributed by atoms with Crippen LogP contribution in [0.15, 0.2) is 0 Å². The number of unbranched alkanes of at least 4 members (excludes halogenated alkanes) is 10. The van der Waals surface area contributed by atoms with E-state index in [4.69, 9.17) is 14.2 Å². The van der Waals surface area contributed by atoms with Crippen molar-refractivity contribution in [1.82, 2.24) is 4.90 Å². The summed E-state index contributed by atoms with van der Waals surface area (Å²) >= 11 is 0. The van der Waals surface area contributed by atoms with Crippen LogP contribution in [0.2, 0.25) is 0 Å². The first kappa shape index (κ1) is 32.4. The Kier molecular flexibility index (Phi) is 25.5. The Morgan fingerprint density at radius 3 is 1.64 bits per heavy atom. The van der Waals surface area contributed by atoms with Crippen LogP contribution in [0.1, 0.15) is 118 Å². The summed E-state index contributed by atoms with van der Waals surface area (Å²) in [5.41, 5.74) is 0. The number of ether oxygens (including phenoxy) is 3. The molecule has 0 rings (SSSR count). The highest BCUT2D eigenvalue weighted by Gasteiger charge is 2.19. The second kappa shape index (κ2) is 26.0. The molecule has 0 saturated carbocycles. The molecule has 1 unspecified atom stereocenters. The molecule has 0 N–H and O–H groups in total. The zero-order valence-electron chi connectivity index (χ0n) is 22.7. The summed E-state index contributed by atoms with van der Waals surface area (Å²) < 4.78 is 16.7. The maximum atomic E-state index is 13.1. The second-order valence-electron chi connectivity index (χ2n) is 9.39. The van der Waals surface area contributed by atoms with Crippen molar-refractivity contribution in [3.63, 3.8) is 0 Å². The van der Waals surface area contributed by atoms with E-state index >= 15 is 0 Å². The number of hydrogen-bond donors (Lipinski definition) is 0. The van der Waals surface area contributed by atoms with E-state index in [1.54, 1.807) is 0 Å². The lowest BCUT2D eigenvalue weighted by atomic mass is 10.00. The molecule has 0 spiro atoms. The van der Waals surface area contributed by atoms with Gasteiger partial charge in [-0.3, -0.25) is 4.79 Å². The van der Waals surface area contributed by atoms with E-state index in [1.807, 2.05) is 0 Å². The molecule has 5 heteroatoms. The van der Waals surface area contributed by atoms with Crippen LogP contribution in [0, 0.1) is 5.92 Å². The molecule has 0 radical (unpaired) electrons. The molecule has 5 nitrogen and oxygen atoms in total. The minimum absolute atomic E-state index is 0.114. The third-order valence-electron chi connectivity index (χ3n) is 6.10. The van der Waals surface area contributed by atoms with Gasteiger partial charge in [-0.25, -0.2) is 0 Å². The number of rotatable bonds is 26. The average molecular weight is 472 g/mol. The lowest BCUT2D eigenvalue weighted by Gasteiger charge is -2.26. The molecule has 33 heavy (non-hydrogen) atoms. The standard InChI is InChI=1S/C28H57NO4/c1-5-8-10-12-14-16-18-27(4)28(30)29(19-17-15-13-11-9-6-2)20-22-32-24-26-33-25-23-31-21-7-3/h27H,5-26H2,1-4H3. The summed E-state index contributed by atoms with van der Waals surface area (Å²) in [6, 6.07) is 0. The van der Waals surface area contributed by atoms with Gasteiger partial charge in [0.05, 0.1) is 33.0 Å². The maximum Gasteiger partial charge on any atom is 0.225 e. The summed E-state index contributed by atoms with van der Waals surface area (Å²) in [4.78, 5) is 15.2. The predicted octanol–water partition coefficient (Wildman–Crippen LogP) is 7.02. The van der Waals surface area contributed by atoms with Crippen LogP contribution >= 0.6 is 0 Å². The highest BCUT2D eigenvalue weighted by molar-refractivity contribution is 5.78. The molecule has 0 aliphatic carbocycles. The Bertz CT molecular complexity index is 405. The quantitative estimate of drug-likeness (QED) is 0.127. The van der Waals surface area contributed by atoms with Crippen molar-refractivity contribution in [2.45, 2.75) is 118 Å². The van der Waals surface area contributed by atoms with Crippen LogP contribution in [-0.2, 0) is 19.0 Å². The van der Waals surface area contributed by atoms with Crippen molar-refractivity contribution in [2.75, 3.05) is 52.7 Å². The normalized spacial score (nSPS) is 12.2.